The first-order valence-corrected chi connectivity index (χ1v) is 11.9. The van der Waals surface area contributed by atoms with Crippen molar-refractivity contribution in [2.24, 2.45) is 0 Å². The van der Waals surface area contributed by atoms with Crippen LogP contribution in [0.1, 0.15) is 43.2 Å². The monoisotopic (exact) mass is 462 g/mol. The summed E-state index contributed by atoms with van der Waals surface area (Å²) in [6, 6.07) is 16.6. The Kier molecular flexibility index (Phi) is 8.01. The third kappa shape index (κ3) is 6.50. The Morgan fingerprint density at radius 2 is 1.47 bits per heavy atom. The summed E-state index contributed by atoms with van der Waals surface area (Å²) < 4.78 is 10.6. The van der Waals surface area contributed by atoms with Crippen molar-refractivity contribution in [3.63, 3.8) is 0 Å². The van der Waals surface area contributed by atoms with Gasteiger partial charge in [0.25, 0.3) is 0 Å². The first kappa shape index (κ1) is 23.6. The van der Waals surface area contributed by atoms with Gasteiger partial charge in [0.2, 0.25) is 17.8 Å². The van der Waals surface area contributed by atoms with Gasteiger partial charge in [0.1, 0.15) is 11.5 Å². The highest BCUT2D eigenvalue weighted by molar-refractivity contribution is 5.44. The lowest BCUT2D eigenvalue weighted by atomic mass is 9.96. The third-order valence-electron chi connectivity index (χ3n) is 6.22. The molecule has 1 aliphatic carbocycles. The number of anilines is 3. The van der Waals surface area contributed by atoms with Gasteiger partial charge in [-0.05, 0) is 54.7 Å². The van der Waals surface area contributed by atoms with Gasteiger partial charge in [0.15, 0.2) is 0 Å². The van der Waals surface area contributed by atoms with Crippen molar-refractivity contribution in [1.29, 1.82) is 0 Å². The summed E-state index contributed by atoms with van der Waals surface area (Å²) in [4.78, 5) is 15.8. The fraction of sp³-hybridized carbons (Fsp3) is 0.423. The van der Waals surface area contributed by atoms with Crippen molar-refractivity contribution < 1.29 is 9.47 Å². The molecule has 0 radical (unpaired) electrons. The minimum absolute atomic E-state index is 0.229. The lowest BCUT2D eigenvalue weighted by molar-refractivity contribution is 0.414. The number of rotatable bonds is 10. The standard InChI is InChI=1S/C26H34N6O2/c1-33-22-12-8-19(9-13-22)16-17-32(18-20-10-14-23(34-2)15-11-20)26-30-24(27)29-25(31-26)28-21-6-4-3-5-7-21/h8-15,21H,3-7,16-18H2,1-2H3,(H3,27,28,29,30,31). The molecule has 0 unspecified atom stereocenters. The average molecular weight is 463 g/mol. The molecule has 0 spiro atoms. The van der Waals surface area contributed by atoms with E-state index in [1.54, 1.807) is 14.2 Å². The molecule has 8 heteroatoms. The summed E-state index contributed by atoms with van der Waals surface area (Å²) >= 11 is 0. The number of hydrogen-bond donors (Lipinski definition) is 2. The molecule has 1 aliphatic rings. The molecular weight excluding hydrogens is 428 g/mol. The Bertz CT molecular complexity index is 1040. The number of nitrogens with one attached hydrogen (secondary N) is 1. The fourth-order valence-electron chi connectivity index (χ4n) is 4.27. The van der Waals surface area contributed by atoms with Crippen LogP contribution in [0.25, 0.3) is 0 Å². The predicted octanol–water partition coefficient (Wildman–Crippen LogP) is 4.46. The maximum absolute atomic E-state index is 6.11. The van der Waals surface area contributed by atoms with Crippen LogP contribution < -0.4 is 25.4 Å². The maximum Gasteiger partial charge on any atom is 0.232 e. The number of nitrogens with zero attached hydrogens (tertiary/aromatic N) is 4. The molecule has 3 aromatic rings. The fourth-order valence-corrected chi connectivity index (χ4v) is 4.27. The van der Waals surface area contributed by atoms with Gasteiger partial charge in [-0.15, -0.1) is 0 Å². The smallest absolute Gasteiger partial charge is 0.232 e. The molecule has 2 aromatic carbocycles. The number of ether oxygens (including phenoxy) is 2. The van der Waals surface area contributed by atoms with E-state index in [4.69, 9.17) is 20.2 Å². The Balaban J connectivity index is 1.54. The molecule has 1 heterocycles. The summed E-state index contributed by atoms with van der Waals surface area (Å²) in [5.74, 6) is 3.04. The Labute approximate surface area is 201 Å². The van der Waals surface area contributed by atoms with E-state index in [1.165, 1.54) is 24.8 Å². The molecule has 0 amide bonds. The summed E-state index contributed by atoms with van der Waals surface area (Å²) in [6.45, 7) is 1.37. The van der Waals surface area contributed by atoms with Crippen LogP contribution in [0.2, 0.25) is 0 Å². The molecule has 180 valence electrons. The molecule has 1 saturated carbocycles. The van der Waals surface area contributed by atoms with E-state index in [-0.39, 0.29) is 5.95 Å². The average Bonchev–Trinajstić information content (AvgIpc) is 2.87. The molecule has 34 heavy (non-hydrogen) atoms. The van der Waals surface area contributed by atoms with Crippen molar-refractivity contribution >= 4 is 17.8 Å². The molecule has 0 atom stereocenters. The molecule has 3 N–H and O–H groups in total. The van der Waals surface area contributed by atoms with Crippen LogP contribution in [0.4, 0.5) is 17.8 Å². The van der Waals surface area contributed by atoms with Gasteiger partial charge in [-0.1, -0.05) is 43.5 Å². The minimum Gasteiger partial charge on any atom is -0.497 e. The highest BCUT2D eigenvalue weighted by Gasteiger charge is 2.18. The van der Waals surface area contributed by atoms with Gasteiger partial charge < -0.3 is 25.4 Å². The summed E-state index contributed by atoms with van der Waals surface area (Å²) in [5, 5.41) is 3.48. The van der Waals surface area contributed by atoms with Gasteiger partial charge in [0.05, 0.1) is 14.2 Å². The van der Waals surface area contributed by atoms with Crippen molar-refractivity contribution in [3.05, 3.63) is 59.7 Å². The highest BCUT2D eigenvalue weighted by Crippen LogP contribution is 2.23. The van der Waals surface area contributed by atoms with E-state index in [0.717, 1.165) is 42.9 Å². The van der Waals surface area contributed by atoms with Crippen LogP contribution in [0.15, 0.2) is 48.5 Å². The normalized spacial score (nSPS) is 13.9. The topological polar surface area (TPSA) is 98.4 Å². The minimum atomic E-state index is 0.229. The number of methoxy groups -OCH3 is 2. The summed E-state index contributed by atoms with van der Waals surface area (Å²) in [6.07, 6.45) is 6.86. The van der Waals surface area contributed by atoms with Gasteiger partial charge in [-0.2, -0.15) is 15.0 Å². The first-order chi connectivity index (χ1) is 16.6. The number of nitrogens with two attached hydrogens (primary N) is 1. The second-order valence-corrected chi connectivity index (χ2v) is 8.66. The van der Waals surface area contributed by atoms with Crippen molar-refractivity contribution in [3.8, 4) is 11.5 Å². The second kappa shape index (κ2) is 11.5. The Morgan fingerprint density at radius 1 is 0.853 bits per heavy atom. The molecule has 1 fully saturated rings. The predicted molar refractivity (Wildman–Crippen MR) is 135 cm³/mol. The van der Waals surface area contributed by atoms with Crippen molar-refractivity contribution in [2.75, 3.05) is 36.7 Å². The van der Waals surface area contributed by atoms with Crippen LogP contribution in [0.5, 0.6) is 11.5 Å². The van der Waals surface area contributed by atoms with E-state index in [1.807, 2.05) is 24.3 Å². The van der Waals surface area contributed by atoms with Gasteiger partial charge in [-0.3, -0.25) is 0 Å². The van der Waals surface area contributed by atoms with E-state index >= 15 is 0 Å². The highest BCUT2D eigenvalue weighted by atomic mass is 16.5. The van der Waals surface area contributed by atoms with Crippen LogP contribution >= 0.6 is 0 Å². The molecule has 0 aliphatic heterocycles. The molecule has 0 bridgehead atoms. The number of aromatic nitrogens is 3. The zero-order valence-corrected chi connectivity index (χ0v) is 20.0. The summed E-state index contributed by atoms with van der Waals surface area (Å²) in [5.41, 5.74) is 8.46. The lowest BCUT2D eigenvalue weighted by Gasteiger charge is -2.25. The zero-order chi connectivity index (χ0) is 23.8. The van der Waals surface area contributed by atoms with E-state index in [2.05, 4.69) is 44.5 Å². The van der Waals surface area contributed by atoms with E-state index in [9.17, 15) is 0 Å². The Morgan fingerprint density at radius 3 is 2.09 bits per heavy atom. The SMILES string of the molecule is COc1ccc(CCN(Cc2ccc(OC)cc2)c2nc(N)nc(NC3CCCCC3)n2)cc1. The van der Waals surface area contributed by atoms with Crippen molar-refractivity contribution in [1.82, 2.24) is 15.0 Å². The maximum atomic E-state index is 6.11. The third-order valence-corrected chi connectivity index (χ3v) is 6.22. The lowest BCUT2D eigenvalue weighted by Crippen LogP contribution is -2.29. The van der Waals surface area contributed by atoms with Crippen molar-refractivity contribution in [2.45, 2.75) is 51.1 Å². The van der Waals surface area contributed by atoms with E-state index < -0.39 is 0 Å². The second-order valence-electron chi connectivity index (χ2n) is 8.66. The molecular formula is C26H34N6O2. The largest absolute Gasteiger partial charge is 0.497 e. The Hall–Kier alpha value is -3.55. The number of hydrogen-bond acceptors (Lipinski definition) is 8. The van der Waals surface area contributed by atoms with Crippen LogP contribution in [-0.4, -0.2) is 41.8 Å². The van der Waals surface area contributed by atoms with Gasteiger partial charge in [0, 0.05) is 19.1 Å². The molecule has 0 saturated heterocycles. The van der Waals surface area contributed by atoms with Crippen LogP contribution in [0, 0.1) is 0 Å². The number of benzene rings is 2. The van der Waals surface area contributed by atoms with Crippen LogP contribution in [0.3, 0.4) is 0 Å². The first-order valence-electron chi connectivity index (χ1n) is 11.9. The molecule has 4 rings (SSSR count). The summed E-state index contributed by atoms with van der Waals surface area (Å²) in [7, 11) is 3.35. The zero-order valence-electron chi connectivity index (χ0n) is 20.0. The van der Waals surface area contributed by atoms with Crippen LogP contribution in [-0.2, 0) is 13.0 Å². The van der Waals surface area contributed by atoms with E-state index in [0.29, 0.717) is 24.5 Å². The molecule has 8 nitrogen and oxygen atoms in total. The van der Waals surface area contributed by atoms with Gasteiger partial charge >= 0.3 is 0 Å². The quantitative estimate of drug-likeness (QED) is 0.456. The molecule has 1 aromatic heterocycles. The van der Waals surface area contributed by atoms with Gasteiger partial charge in [-0.25, -0.2) is 0 Å². The number of nitrogen functional groups attached to an aromatic ring is 1.